The third kappa shape index (κ3) is 4.44. The highest BCUT2D eigenvalue weighted by molar-refractivity contribution is 5.94. The number of rotatable bonds is 5. The summed E-state index contributed by atoms with van der Waals surface area (Å²) >= 11 is 0. The Kier molecular flexibility index (Phi) is 4.53. The first-order valence-electron chi connectivity index (χ1n) is 6.54. The topological polar surface area (TPSA) is 50.4 Å². The maximum Gasteiger partial charge on any atom is 0.471 e. The lowest BCUT2D eigenvalue weighted by Gasteiger charge is -2.38. The smallest absolute Gasteiger partial charge is 0.380 e. The van der Waals surface area contributed by atoms with E-state index >= 15 is 0 Å². The Hall–Kier alpha value is -1.60. The maximum atomic E-state index is 12.2. The second kappa shape index (κ2) is 6.03. The predicted octanol–water partition coefficient (Wildman–Crippen LogP) is 2.31. The summed E-state index contributed by atoms with van der Waals surface area (Å²) < 4.78 is 41.7. The third-order valence-electron chi connectivity index (χ3n) is 3.22. The molecule has 2 rings (SSSR count). The van der Waals surface area contributed by atoms with Crippen LogP contribution < -0.4 is 10.6 Å². The number of benzene rings is 1. The van der Waals surface area contributed by atoms with Crippen molar-refractivity contribution in [2.24, 2.45) is 5.41 Å². The second-order valence-electron chi connectivity index (χ2n) is 5.56. The van der Waals surface area contributed by atoms with Gasteiger partial charge in [0.25, 0.3) is 0 Å². The van der Waals surface area contributed by atoms with Crippen LogP contribution >= 0.6 is 0 Å². The molecule has 4 nitrogen and oxygen atoms in total. The van der Waals surface area contributed by atoms with E-state index in [1.807, 2.05) is 5.32 Å². The van der Waals surface area contributed by atoms with Gasteiger partial charge in [0.15, 0.2) is 0 Å². The highest BCUT2D eigenvalue weighted by atomic mass is 19.4. The number of hydrogen-bond acceptors (Lipinski definition) is 3. The van der Waals surface area contributed by atoms with E-state index in [1.165, 1.54) is 12.1 Å². The van der Waals surface area contributed by atoms with Gasteiger partial charge in [-0.05, 0) is 17.7 Å². The van der Waals surface area contributed by atoms with Gasteiger partial charge in [-0.15, -0.1) is 0 Å². The zero-order valence-electron chi connectivity index (χ0n) is 11.6. The number of nitrogens with one attached hydrogen (secondary N) is 2. The van der Waals surface area contributed by atoms with Crippen molar-refractivity contribution in [1.82, 2.24) is 5.32 Å². The number of hydrogen-bond donors (Lipinski definition) is 2. The fourth-order valence-electron chi connectivity index (χ4n) is 2.02. The van der Waals surface area contributed by atoms with E-state index in [-0.39, 0.29) is 11.1 Å². The van der Waals surface area contributed by atoms with Gasteiger partial charge in [0.05, 0.1) is 13.2 Å². The van der Waals surface area contributed by atoms with Gasteiger partial charge in [-0.1, -0.05) is 19.1 Å². The summed E-state index contributed by atoms with van der Waals surface area (Å²) in [7, 11) is 0. The molecule has 0 radical (unpaired) electrons. The Balaban J connectivity index is 1.87. The SMILES string of the molecule is CC1(CNCc2cccc(NC(=O)C(F)(F)F)c2)COC1. The van der Waals surface area contributed by atoms with E-state index in [4.69, 9.17) is 4.74 Å². The van der Waals surface area contributed by atoms with Crippen molar-refractivity contribution in [3.63, 3.8) is 0 Å². The lowest BCUT2D eigenvalue weighted by atomic mass is 9.89. The summed E-state index contributed by atoms with van der Waals surface area (Å²) in [6.45, 7) is 4.81. The molecule has 1 aromatic carbocycles. The van der Waals surface area contributed by atoms with E-state index in [0.29, 0.717) is 19.8 Å². The standard InChI is InChI=1S/C14H17F3N2O2/c1-13(8-21-9-13)7-18-6-10-3-2-4-11(5-10)19-12(20)14(15,16)17/h2-5,18H,6-9H2,1H3,(H,19,20). The van der Waals surface area contributed by atoms with Gasteiger partial charge in [0.1, 0.15) is 0 Å². The highest BCUT2D eigenvalue weighted by Gasteiger charge is 2.38. The van der Waals surface area contributed by atoms with E-state index < -0.39 is 12.1 Å². The molecule has 0 saturated carbocycles. The summed E-state index contributed by atoms with van der Waals surface area (Å²) in [5.41, 5.74) is 1.07. The number of ether oxygens (including phenoxy) is 1. The highest BCUT2D eigenvalue weighted by Crippen LogP contribution is 2.25. The molecule has 1 amide bonds. The minimum absolute atomic E-state index is 0.127. The molecular weight excluding hydrogens is 285 g/mol. The van der Waals surface area contributed by atoms with Crippen molar-refractivity contribution in [3.05, 3.63) is 29.8 Å². The van der Waals surface area contributed by atoms with Gasteiger partial charge in [0, 0.05) is 24.2 Å². The molecule has 1 saturated heterocycles. The monoisotopic (exact) mass is 302 g/mol. The minimum atomic E-state index is -4.88. The molecule has 0 unspecified atom stereocenters. The lowest BCUT2D eigenvalue weighted by Crippen LogP contribution is -2.47. The molecule has 1 aliphatic rings. The maximum absolute atomic E-state index is 12.2. The summed E-state index contributed by atoms with van der Waals surface area (Å²) in [5.74, 6) is -1.97. The number of anilines is 1. The van der Waals surface area contributed by atoms with Crippen LogP contribution in [0.1, 0.15) is 12.5 Å². The zero-order valence-corrected chi connectivity index (χ0v) is 11.6. The Labute approximate surface area is 120 Å². The number of alkyl halides is 3. The van der Waals surface area contributed by atoms with Crippen molar-refractivity contribution in [3.8, 4) is 0 Å². The average molecular weight is 302 g/mol. The molecule has 1 fully saturated rings. The molecule has 1 aromatic rings. The van der Waals surface area contributed by atoms with Crippen LogP contribution in [0.25, 0.3) is 0 Å². The predicted molar refractivity (Wildman–Crippen MR) is 71.8 cm³/mol. The van der Waals surface area contributed by atoms with Crippen LogP contribution in [0.5, 0.6) is 0 Å². The van der Waals surface area contributed by atoms with Crippen LogP contribution in [-0.4, -0.2) is 31.8 Å². The van der Waals surface area contributed by atoms with Crippen LogP contribution in [0.3, 0.4) is 0 Å². The lowest BCUT2D eigenvalue weighted by molar-refractivity contribution is -0.167. The first kappa shape index (κ1) is 15.8. The van der Waals surface area contributed by atoms with E-state index in [2.05, 4.69) is 12.2 Å². The summed E-state index contributed by atoms with van der Waals surface area (Å²) in [6, 6.07) is 6.34. The quantitative estimate of drug-likeness (QED) is 0.877. The van der Waals surface area contributed by atoms with Crippen LogP contribution in [0.4, 0.5) is 18.9 Å². The molecule has 0 aliphatic carbocycles. The van der Waals surface area contributed by atoms with E-state index in [9.17, 15) is 18.0 Å². The molecule has 1 aliphatic heterocycles. The van der Waals surface area contributed by atoms with Crippen molar-refractivity contribution in [1.29, 1.82) is 0 Å². The number of halogens is 3. The van der Waals surface area contributed by atoms with E-state index in [1.54, 1.807) is 12.1 Å². The van der Waals surface area contributed by atoms with Gasteiger partial charge in [0.2, 0.25) is 0 Å². The van der Waals surface area contributed by atoms with Gasteiger partial charge in [-0.25, -0.2) is 0 Å². The molecule has 21 heavy (non-hydrogen) atoms. The first-order valence-corrected chi connectivity index (χ1v) is 6.54. The van der Waals surface area contributed by atoms with Crippen LogP contribution in [0.2, 0.25) is 0 Å². The van der Waals surface area contributed by atoms with Gasteiger partial charge in [-0.2, -0.15) is 13.2 Å². The van der Waals surface area contributed by atoms with E-state index in [0.717, 1.165) is 12.1 Å². The van der Waals surface area contributed by atoms with Crippen LogP contribution in [0, 0.1) is 5.41 Å². The third-order valence-corrected chi connectivity index (χ3v) is 3.22. The number of amides is 1. The van der Waals surface area contributed by atoms with Gasteiger partial charge < -0.3 is 15.4 Å². The fraction of sp³-hybridized carbons (Fsp3) is 0.500. The Bertz CT molecular complexity index is 513. The molecular formula is C14H17F3N2O2. The summed E-state index contributed by atoms with van der Waals surface area (Å²) in [4.78, 5) is 10.9. The van der Waals surface area contributed by atoms with Gasteiger partial charge in [-0.3, -0.25) is 4.79 Å². The Morgan fingerprint density at radius 3 is 2.67 bits per heavy atom. The first-order chi connectivity index (χ1) is 9.78. The van der Waals surface area contributed by atoms with Crippen molar-refractivity contribution in [2.45, 2.75) is 19.6 Å². The molecule has 0 aromatic heterocycles. The summed E-state index contributed by atoms with van der Waals surface area (Å²) in [6.07, 6.45) is -4.88. The van der Waals surface area contributed by atoms with Crippen molar-refractivity contribution >= 4 is 11.6 Å². The molecule has 0 spiro atoms. The average Bonchev–Trinajstić information content (AvgIpc) is 2.36. The molecule has 7 heteroatoms. The number of carbonyl (C=O) groups excluding carboxylic acids is 1. The zero-order chi connectivity index (χ0) is 15.5. The summed E-state index contributed by atoms with van der Waals surface area (Å²) in [5, 5.41) is 5.08. The largest absolute Gasteiger partial charge is 0.471 e. The molecule has 0 atom stereocenters. The number of carbonyl (C=O) groups is 1. The second-order valence-corrected chi connectivity index (χ2v) is 5.56. The molecule has 2 N–H and O–H groups in total. The molecule has 0 bridgehead atoms. The normalized spacial score (nSPS) is 17.1. The molecule has 1 heterocycles. The van der Waals surface area contributed by atoms with Crippen LogP contribution in [0.15, 0.2) is 24.3 Å². The minimum Gasteiger partial charge on any atom is -0.380 e. The van der Waals surface area contributed by atoms with Crippen molar-refractivity contribution in [2.75, 3.05) is 25.1 Å². The Morgan fingerprint density at radius 1 is 1.38 bits per heavy atom. The molecule has 116 valence electrons. The fourth-order valence-corrected chi connectivity index (χ4v) is 2.02. The Morgan fingerprint density at radius 2 is 2.10 bits per heavy atom. The van der Waals surface area contributed by atoms with Crippen molar-refractivity contribution < 1.29 is 22.7 Å². The van der Waals surface area contributed by atoms with Gasteiger partial charge >= 0.3 is 12.1 Å². The van der Waals surface area contributed by atoms with Crippen LogP contribution in [-0.2, 0) is 16.1 Å².